The van der Waals surface area contributed by atoms with Gasteiger partial charge in [0.2, 0.25) is 10.0 Å². The van der Waals surface area contributed by atoms with E-state index in [2.05, 4.69) is 4.98 Å². The van der Waals surface area contributed by atoms with E-state index < -0.39 is 10.0 Å². The number of sulfonamides is 1. The second-order valence-corrected chi connectivity index (χ2v) is 8.18. The molecule has 0 spiro atoms. The number of halogens is 2. The molecule has 9 heteroatoms. The highest BCUT2D eigenvalue weighted by molar-refractivity contribution is 7.88. The standard InChI is InChI=1S/C14H19Cl2N3O3S/c1-3-19(23(2,21)22)10-6-8-18(9-7-10)14(20)13-11(15)4-5-12(16)17-13/h4-5,10H,3,6-9H2,1-2H3. The van der Waals surface area contributed by atoms with E-state index in [4.69, 9.17) is 23.2 Å². The third kappa shape index (κ3) is 4.35. The Bertz CT molecular complexity index is 689. The van der Waals surface area contributed by atoms with Gasteiger partial charge in [0.05, 0.1) is 11.3 Å². The summed E-state index contributed by atoms with van der Waals surface area (Å²) in [6, 6.07) is 2.99. The fraction of sp³-hybridized carbons (Fsp3) is 0.571. The predicted octanol–water partition coefficient (Wildman–Crippen LogP) is 2.27. The van der Waals surface area contributed by atoms with Gasteiger partial charge in [0.1, 0.15) is 10.8 Å². The molecule has 1 aliphatic heterocycles. The van der Waals surface area contributed by atoms with Crippen molar-refractivity contribution in [3.8, 4) is 0 Å². The van der Waals surface area contributed by atoms with Crippen molar-refractivity contribution in [2.45, 2.75) is 25.8 Å². The Hall–Kier alpha value is -0.890. The number of aromatic nitrogens is 1. The molecule has 2 heterocycles. The van der Waals surface area contributed by atoms with Gasteiger partial charge in [0, 0.05) is 25.7 Å². The fourth-order valence-corrected chi connectivity index (χ4v) is 4.39. The van der Waals surface area contributed by atoms with Crippen LogP contribution < -0.4 is 0 Å². The van der Waals surface area contributed by atoms with Crippen LogP contribution in [-0.4, -0.2) is 60.4 Å². The zero-order valence-electron chi connectivity index (χ0n) is 13.0. The fourth-order valence-electron chi connectivity index (χ4n) is 2.84. The number of nitrogens with zero attached hydrogens (tertiary/aromatic N) is 3. The van der Waals surface area contributed by atoms with Crippen LogP contribution in [0.5, 0.6) is 0 Å². The summed E-state index contributed by atoms with van der Waals surface area (Å²) in [5.41, 5.74) is 0.132. The normalized spacial score (nSPS) is 16.8. The number of rotatable bonds is 4. The summed E-state index contributed by atoms with van der Waals surface area (Å²) in [5.74, 6) is -0.279. The minimum atomic E-state index is -3.24. The monoisotopic (exact) mass is 379 g/mol. The van der Waals surface area contributed by atoms with Crippen LogP contribution in [0.15, 0.2) is 12.1 Å². The van der Waals surface area contributed by atoms with Gasteiger partial charge in [-0.05, 0) is 25.0 Å². The second-order valence-electron chi connectivity index (χ2n) is 5.45. The summed E-state index contributed by atoms with van der Waals surface area (Å²) in [4.78, 5) is 18.1. The average molecular weight is 380 g/mol. The zero-order chi connectivity index (χ0) is 17.2. The van der Waals surface area contributed by atoms with Crippen LogP contribution in [0.2, 0.25) is 10.2 Å². The summed E-state index contributed by atoms with van der Waals surface area (Å²) in [6.45, 7) is 3.16. The maximum atomic E-state index is 12.5. The van der Waals surface area contributed by atoms with Crippen LogP contribution in [0.1, 0.15) is 30.3 Å². The van der Waals surface area contributed by atoms with Crippen molar-refractivity contribution in [1.29, 1.82) is 0 Å². The Labute approximate surface area is 146 Å². The number of pyridine rings is 1. The van der Waals surface area contributed by atoms with Gasteiger partial charge < -0.3 is 4.90 Å². The molecule has 0 N–H and O–H groups in total. The smallest absolute Gasteiger partial charge is 0.274 e. The van der Waals surface area contributed by atoms with E-state index in [1.165, 1.54) is 16.6 Å². The molecule has 0 aromatic carbocycles. The number of carbonyl (C=O) groups excluding carboxylic acids is 1. The highest BCUT2D eigenvalue weighted by atomic mass is 35.5. The van der Waals surface area contributed by atoms with Gasteiger partial charge in [-0.1, -0.05) is 30.1 Å². The van der Waals surface area contributed by atoms with Crippen molar-refractivity contribution >= 4 is 39.1 Å². The molecule has 23 heavy (non-hydrogen) atoms. The van der Waals surface area contributed by atoms with Crippen LogP contribution in [0.25, 0.3) is 0 Å². The maximum absolute atomic E-state index is 12.5. The second kappa shape index (κ2) is 7.34. The van der Waals surface area contributed by atoms with Crippen LogP contribution in [0.4, 0.5) is 0 Å². The maximum Gasteiger partial charge on any atom is 0.274 e. The van der Waals surface area contributed by atoms with Crippen molar-refractivity contribution in [2.75, 3.05) is 25.9 Å². The number of hydrogen-bond acceptors (Lipinski definition) is 4. The van der Waals surface area contributed by atoms with Crippen molar-refractivity contribution in [1.82, 2.24) is 14.2 Å². The van der Waals surface area contributed by atoms with E-state index in [1.54, 1.807) is 11.0 Å². The highest BCUT2D eigenvalue weighted by Gasteiger charge is 2.31. The quantitative estimate of drug-likeness (QED) is 0.752. The zero-order valence-corrected chi connectivity index (χ0v) is 15.3. The molecule has 0 radical (unpaired) electrons. The first-order chi connectivity index (χ1) is 10.7. The lowest BCUT2D eigenvalue weighted by Gasteiger charge is -2.36. The van der Waals surface area contributed by atoms with Crippen LogP contribution in [-0.2, 0) is 10.0 Å². The molecule has 1 aliphatic rings. The molecule has 0 atom stereocenters. The molecule has 1 aromatic heterocycles. The minimum Gasteiger partial charge on any atom is -0.337 e. The summed E-state index contributed by atoms with van der Waals surface area (Å²) in [7, 11) is -3.24. The Kier molecular flexibility index (Phi) is 5.89. The van der Waals surface area contributed by atoms with E-state index in [0.29, 0.717) is 32.5 Å². The molecule has 128 valence electrons. The first-order valence-corrected chi connectivity index (χ1v) is 9.92. The number of amides is 1. The first-order valence-electron chi connectivity index (χ1n) is 7.32. The van der Waals surface area contributed by atoms with Crippen molar-refractivity contribution < 1.29 is 13.2 Å². The molecule has 1 fully saturated rings. The van der Waals surface area contributed by atoms with Crippen molar-refractivity contribution in [3.63, 3.8) is 0 Å². The van der Waals surface area contributed by atoms with E-state index >= 15 is 0 Å². The summed E-state index contributed by atoms with van der Waals surface area (Å²) >= 11 is 11.8. The average Bonchev–Trinajstić information content (AvgIpc) is 2.49. The molecular weight excluding hydrogens is 361 g/mol. The molecule has 2 rings (SSSR count). The molecule has 1 aromatic rings. The molecular formula is C14H19Cl2N3O3S. The minimum absolute atomic E-state index is 0.0816. The molecule has 0 aliphatic carbocycles. The van der Waals surface area contributed by atoms with Crippen molar-refractivity contribution in [3.05, 3.63) is 28.0 Å². The lowest BCUT2D eigenvalue weighted by atomic mass is 10.0. The van der Waals surface area contributed by atoms with Gasteiger partial charge in [-0.15, -0.1) is 0 Å². The van der Waals surface area contributed by atoms with Crippen LogP contribution in [0.3, 0.4) is 0 Å². The Morgan fingerprint density at radius 1 is 1.35 bits per heavy atom. The lowest BCUT2D eigenvalue weighted by molar-refractivity contribution is 0.0675. The number of piperidine rings is 1. The first kappa shape index (κ1) is 18.4. The predicted molar refractivity (Wildman–Crippen MR) is 90.4 cm³/mol. The van der Waals surface area contributed by atoms with Crippen LogP contribution in [0, 0.1) is 0 Å². The number of hydrogen-bond donors (Lipinski definition) is 0. The van der Waals surface area contributed by atoms with Gasteiger partial charge in [0.25, 0.3) is 5.91 Å². The third-order valence-electron chi connectivity index (χ3n) is 3.91. The molecule has 0 bridgehead atoms. The van der Waals surface area contributed by atoms with Crippen molar-refractivity contribution in [2.24, 2.45) is 0 Å². The molecule has 1 saturated heterocycles. The Balaban J connectivity index is 2.07. The Morgan fingerprint density at radius 2 is 1.96 bits per heavy atom. The highest BCUT2D eigenvalue weighted by Crippen LogP contribution is 2.23. The van der Waals surface area contributed by atoms with Crippen LogP contribution >= 0.6 is 23.2 Å². The molecule has 6 nitrogen and oxygen atoms in total. The molecule has 0 unspecified atom stereocenters. The Morgan fingerprint density at radius 3 is 2.48 bits per heavy atom. The SMILES string of the molecule is CCN(C1CCN(C(=O)c2nc(Cl)ccc2Cl)CC1)S(C)(=O)=O. The topological polar surface area (TPSA) is 70.6 Å². The van der Waals surface area contributed by atoms with Gasteiger partial charge >= 0.3 is 0 Å². The summed E-state index contributed by atoms with van der Waals surface area (Å²) in [6.07, 6.45) is 2.39. The van der Waals surface area contributed by atoms with Gasteiger partial charge in [-0.2, -0.15) is 4.31 Å². The van der Waals surface area contributed by atoms with E-state index in [0.717, 1.165) is 0 Å². The van der Waals surface area contributed by atoms with E-state index in [1.807, 2.05) is 6.92 Å². The summed E-state index contributed by atoms with van der Waals surface area (Å²) < 4.78 is 25.1. The van der Waals surface area contributed by atoms with Gasteiger partial charge in [-0.3, -0.25) is 4.79 Å². The van der Waals surface area contributed by atoms with Gasteiger partial charge in [0.15, 0.2) is 0 Å². The third-order valence-corrected chi connectivity index (χ3v) is 5.84. The largest absolute Gasteiger partial charge is 0.337 e. The van der Waals surface area contributed by atoms with E-state index in [9.17, 15) is 13.2 Å². The number of likely N-dealkylation sites (tertiary alicyclic amines) is 1. The lowest BCUT2D eigenvalue weighted by Crippen LogP contribution is -2.48. The van der Waals surface area contributed by atoms with E-state index in [-0.39, 0.29) is 27.8 Å². The molecule has 1 amide bonds. The summed E-state index contributed by atoms with van der Waals surface area (Å²) in [5, 5.41) is 0.467. The molecule has 0 saturated carbocycles. The van der Waals surface area contributed by atoms with Gasteiger partial charge in [-0.25, -0.2) is 13.4 Å². The number of carbonyl (C=O) groups is 1.